The Balaban J connectivity index is 2.08. The van der Waals surface area contributed by atoms with E-state index >= 15 is 0 Å². The molecule has 0 unspecified atom stereocenters. The molecule has 0 aliphatic heterocycles. The van der Waals surface area contributed by atoms with Gasteiger partial charge in [-0.25, -0.2) is 4.98 Å². The number of alkyl halides is 3. The van der Waals surface area contributed by atoms with Crippen LogP contribution in [-0.2, 0) is 16.9 Å². The highest BCUT2D eigenvalue weighted by molar-refractivity contribution is 7.09. The van der Waals surface area contributed by atoms with E-state index in [4.69, 9.17) is 0 Å². The van der Waals surface area contributed by atoms with E-state index < -0.39 is 35.2 Å². The minimum atomic E-state index is -5.01. The normalized spacial score (nSPS) is 15.8. The van der Waals surface area contributed by atoms with Gasteiger partial charge in [0.25, 0.3) is 0 Å². The van der Waals surface area contributed by atoms with E-state index in [1.54, 1.807) is 30.1 Å². The van der Waals surface area contributed by atoms with E-state index in [1.807, 2.05) is 0 Å². The Morgan fingerprint density at radius 2 is 2.21 bits per heavy atom. The fourth-order valence-electron chi connectivity index (χ4n) is 2.13. The Labute approximate surface area is 140 Å². The van der Waals surface area contributed by atoms with Gasteiger partial charge in [-0.1, -0.05) is 0 Å². The number of aliphatic hydroxyl groups is 1. The maximum Gasteiger partial charge on any atom is 0.424 e. The first-order chi connectivity index (χ1) is 11.1. The van der Waals surface area contributed by atoms with E-state index in [0.29, 0.717) is 23.6 Å². The molecule has 24 heavy (non-hydrogen) atoms. The first kappa shape index (κ1) is 18.4. The molecule has 2 rings (SSSR count). The van der Waals surface area contributed by atoms with Crippen molar-refractivity contribution in [3.8, 4) is 0 Å². The van der Waals surface area contributed by atoms with Crippen LogP contribution in [0.5, 0.6) is 0 Å². The van der Waals surface area contributed by atoms with Crippen molar-refractivity contribution in [1.82, 2.24) is 20.1 Å². The largest absolute Gasteiger partial charge is 0.424 e. The second-order valence-corrected chi connectivity index (χ2v) is 6.38. The summed E-state index contributed by atoms with van der Waals surface area (Å²) in [5.74, 6) is -0.915. The van der Waals surface area contributed by atoms with Crippen LogP contribution in [-0.4, -0.2) is 38.0 Å². The molecule has 2 aromatic heterocycles. The van der Waals surface area contributed by atoms with Crippen molar-refractivity contribution in [2.75, 3.05) is 0 Å². The topological polar surface area (TPSA) is 80.0 Å². The van der Waals surface area contributed by atoms with Gasteiger partial charge >= 0.3 is 6.18 Å². The fourth-order valence-corrected chi connectivity index (χ4v) is 3.05. The summed E-state index contributed by atoms with van der Waals surface area (Å²) in [6.45, 7) is 3.46. The third-order valence-corrected chi connectivity index (χ3v) is 4.40. The SMILES string of the molecule is Cc1csc([C@](O)(CC(=O)N[C@H](C)Cn2cccn2)C(F)(F)F)n1. The molecule has 0 saturated carbocycles. The van der Waals surface area contributed by atoms with Crippen LogP contribution in [0.15, 0.2) is 23.8 Å². The van der Waals surface area contributed by atoms with Gasteiger partial charge in [0.15, 0.2) is 0 Å². The summed E-state index contributed by atoms with van der Waals surface area (Å²) in [4.78, 5) is 15.7. The molecular formula is C14H17F3N4O2S. The number of nitrogens with zero attached hydrogens (tertiary/aromatic N) is 3. The lowest BCUT2D eigenvalue weighted by Crippen LogP contribution is -2.47. The molecular weight excluding hydrogens is 345 g/mol. The molecule has 0 fully saturated rings. The minimum Gasteiger partial charge on any atom is -0.374 e. The number of nitrogens with one attached hydrogen (secondary N) is 1. The van der Waals surface area contributed by atoms with Crippen LogP contribution in [0.3, 0.4) is 0 Å². The van der Waals surface area contributed by atoms with E-state index in [0.717, 1.165) is 0 Å². The predicted octanol–water partition coefficient (Wildman–Crippen LogP) is 1.99. The first-order valence-electron chi connectivity index (χ1n) is 7.10. The Bertz CT molecular complexity index is 687. The van der Waals surface area contributed by atoms with Gasteiger partial charge in [-0.05, 0) is 19.9 Å². The zero-order valence-electron chi connectivity index (χ0n) is 13.0. The second-order valence-electron chi connectivity index (χ2n) is 5.53. The molecule has 0 aliphatic carbocycles. The van der Waals surface area contributed by atoms with Crippen LogP contribution in [0.1, 0.15) is 24.0 Å². The number of carbonyl (C=O) groups excluding carboxylic acids is 1. The molecule has 0 bridgehead atoms. The number of thiazole rings is 1. The highest BCUT2D eigenvalue weighted by Gasteiger charge is 2.58. The zero-order valence-corrected chi connectivity index (χ0v) is 13.9. The fraction of sp³-hybridized carbons (Fsp3) is 0.500. The molecule has 0 spiro atoms. The number of aryl methyl sites for hydroxylation is 1. The van der Waals surface area contributed by atoms with Crippen LogP contribution >= 0.6 is 11.3 Å². The molecule has 0 radical (unpaired) electrons. The van der Waals surface area contributed by atoms with Crippen molar-refractivity contribution in [2.24, 2.45) is 0 Å². The summed E-state index contributed by atoms with van der Waals surface area (Å²) in [5.41, 5.74) is -2.95. The lowest BCUT2D eigenvalue weighted by Gasteiger charge is -2.28. The number of carbonyl (C=O) groups is 1. The smallest absolute Gasteiger partial charge is 0.374 e. The highest BCUT2D eigenvalue weighted by Crippen LogP contribution is 2.42. The van der Waals surface area contributed by atoms with Crippen molar-refractivity contribution in [3.63, 3.8) is 0 Å². The number of hydrogen-bond acceptors (Lipinski definition) is 5. The molecule has 2 heterocycles. The van der Waals surface area contributed by atoms with E-state index in [9.17, 15) is 23.1 Å². The summed E-state index contributed by atoms with van der Waals surface area (Å²) in [6.07, 6.45) is -2.93. The summed E-state index contributed by atoms with van der Waals surface area (Å²) in [6, 6.07) is 1.25. The summed E-state index contributed by atoms with van der Waals surface area (Å²) < 4.78 is 41.5. The van der Waals surface area contributed by atoms with Gasteiger partial charge in [-0.15, -0.1) is 11.3 Å². The Morgan fingerprint density at radius 1 is 1.50 bits per heavy atom. The lowest BCUT2D eigenvalue weighted by atomic mass is 9.99. The molecule has 0 aromatic carbocycles. The average molecular weight is 362 g/mol. The molecule has 132 valence electrons. The number of aromatic nitrogens is 3. The van der Waals surface area contributed by atoms with Gasteiger partial charge in [0, 0.05) is 29.5 Å². The van der Waals surface area contributed by atoms with Crippen molar-refractivity contribution in [1.29, 1.82) is 0 Å². The van der Waals surface area contributed by atoms with Gasteiger partial charge in [0.2, 0.25) is 11.5 Å². The van der Waals surface area contributed by atoms with Crippen LogP contribution in [0.4, 0.5) is 13.2 Å². The van der Waals surface area contributed by atoms with E-state index in [-0.39, 0.29) is 0 Å². The third-order valence-electron chi connectivity index (χ3n) is 3.29. The summed E-state index contributed by atoms with van der Waals surface area (Å²) in [5, 5.41) is 17.4. The zero-order chi connectivity index (χ0) is 18.0. The molecule has 2 atom stereocenters. The summed E-state index contributed by atoms with van der Waals surface area (Å²) >= 11 is 0.673. The lowest BCUT2D eigenvalue weighted by molar-refractivity contribution is -0.267. The molecule has 2 aromatic rings. The predicted molar refractivity (Wildman–Crippen MR) is 81.3 cm³/mol. The average Bonchev–Trinajstić information content (AvgIpc) is 3.08. The van der Waals surface area contributed by atoms with Crippen molar-refractivity contribution in [3.05, 3.63) is 34.5 Å². The maximum atomic E-state index is 13.3. The van der Waals surface area contributed by atoms with Gasteiger partial charge in [-0.2, -0.15) is 18.3 Å². The molecule has 1 amide bonds. The monoisotopic (exact) mass is 362 g/mol. The Kier molecular flexibility index (Phi) is 5.29. The molecule has 0 aliphatic rings. The van der Waals surface area contributed by atoms with Crippen molar-refractivity contribution >= 4 is 17.2 Å². The number of rotatable bonds is 6. The van der Waals surface area contributed by atoms with Crippen LogP contribution in [0, 0.1) is 6.92 Å². The van der Waals surface area contributed by atoms with E-state index in [2.05, 4.69) is 15.4 Å². The number of amides is 1. The van der Waals surface area contributed by atoms with Crippen LogP contribution in [0.25, 0.3) is 0 Å². The molecule has 6 nitrogen and oxygen atoms in total. The maximum absolute atomic E-state index is 13.3. The molecule has 2 N–H and O–H groups in total. The highest BCUT2D eigenvalue weighted by atomic mass is 32.1. The quantitative estimate of drug-likeness (QED) is 0.824. The van der Waals surface area contributed by atoms with Crippen molar-refractivity contribution < 1.29 is 23.1 Å². The Hall–Kier alpha value is -1.94. The second kappa shape index (κ2) is 6.89. The third kappa shape index (κ3) is 4.12. The molecule has 10 heteroatoms. The standard InChI is InChI=1S/C14H17F3N4O2S/c1-9(7-21-5-3-4-18-21)19-11(22)6-13(23,14(15,16)17)12-20-10(2)8-24-12/h3-5,8-9,23H,6-7H2,1-2H3,(H,19,22)/t9-,13-/m1/s1. The van der Waals surface area contributed by atoms with Gasteiger partial charge in [0.1, 0.15) is 5.01 Å². The molecule has 0 saturated heterocycles. The van der Waals surface area contributed by atoms with Crippen LogP contribution in [0.2, 0.25) is 0 Å². The van der Waals surface area contributed by atoms with E-state index in [1.165, 1.54) is 12.3 Å². The van der Waals surface area contributed by atoms with Crippen molar-refractivity contribution in [2.45, 2.75) is 44.6 Å². The Morgan fingerprint density at radius 3 is 2.71 bits per heavy atom. The first-order valence-corrected chi connectivity index (χ1v) is 7.98. The van der Waals surface area contributed by atoms with Crippen LogP contribution < -0.4 is 5.32 Å². The number of halogens is 3. The van der Waals surface area contributed by atoms with Gasteiger partial charge < -0.3 is 10.4 Å². The van der Waals surface area contributed by atoms with Gasteiger partial charge in [0.05, 0.1) is 13.0 Å². The number of hydrogen-bond donors (Lipinski definition) is 2. The minimum absolute atomic E-state index is 0.305. The summed E-state index contributed by atoms with van der Waals surface area (Å²) in [7, 11) is 0. The van der Waals surface area contributed by atoms with Gasteiger partial charge in [-0.3, -0.25) is 9.48 Å².